The van der Waals surface area contributed by atoms with Crippen LogP contribution in [0.3, 0.4) is 0 Å². The summed E-state index contributed by atoms with van der Waals surface area (Å²) in [5.74, 6) is -0.335. The van der Waals surface area contributed by atoms with Gasteiger partial charge < -0.3 is 10.6 Å². The summed E-state index contributed by atoms with van der Waals surface area (Å²) in [6.45, 7) is 1.22. The molecule has 1 saturated heterocycles. The zero-order valence-electron chi connectivity index (χ0n) is 18.2. The SMILES string of the molecule is N=C(N)c1cccc(C[C@H](NS(=O)(=O)c2cccc3cccnc23)C(=O)N2CCCCC2)c1. The van der Waals surface area contributed by atoms with Crippen LogP contribution in [-0.2, 0) is 21.2 Å². The lowest BCUT2D eigenvalue weighted by Gasteiger charge is -2.31. The van der Waals surface area contributed by atoms with E-state index in [9.17, 15) is 13.2 Å². The molecule has 0 saturated carbocycles. The summed E-state index contributed by atoms with van der Waals surface area (Å²) in [5.41, 5.74) is 7.21. The smallest absolute Gasteiger partial charge is 0.243 e. The lowest BCUT2D eigenvalue weighted by Crippen LogP contribution is -2.51. The average Bonchev–Trinajstić information content (AvgIpc) is 2.83. The van der Waals surface area contributed by atoms with Crippen molar-refractivity contribution >= 4 is 32.7 Å². The molecule has 1 aromatic heterocycles. The van der Waals surface area contributed by atoms with Crippen molar-refractivity contribution in [3.63, 3.8) is 0 Å². The lowest BCUT2D eigenvalue weighted by molar-refractivity contribution is -0.133. The number of hydrogen-bond donors (Lipinski definition) is 3. The van der Waals surface area contributed by atoms with E-state index < -0.39 is 16.1 Å². The highest BCUT2D eigenvalue weighted by molar-refractivity contribution is 7.89. The normalized spacial score (nSPS) is 15.3. The number of piperidine rings is 1. The second kappa shape index (κ2) is 9.68. The highest BCUT2D eigenvalue weighted by Gasteiger charge is 2.31. The van der Waals surface area contributed by atoms with Crippen molar-refractivity contribution in [2.75, 3.05) is 13.1 Å². The van der Waals surface area contributed by atoms with Gasteiger partial charge in [-0.2, -0.15) is 4.72 Å². The number of para-hydroxylation sites is 1. The summed E-state index contributed by atoms with van der Waals surface area (Å²) < 4.78 is 29.5. The number of nitrogens with zero attached hydrogens (tertiary/aromatic N) is 2. The van der Waals surface area contributed by atoms with E-state index >= 15 is 0 Å². The first-order valence-corrected chi connectivity index (χ1v) is 12.4. The number of amides is 1. The first-order chi connectivity index (χ1) is 15.8. The molecular formula is C24H27N5O3S. The number of carbonyl (C=O) groups excluding carboxylic acids is 1. The lowest BCUT2D eigenvalue weighted by atomic mass is 10.0. The molecule has 0 spiro atoms. The van der Waals surface area contributed by atoms with E-state index in [1.54, 1.807) is 59.6 Å². The van der Waals surface area contributed by atoms with E-state index in [0.29, 0.717) is 29.6 Å². The summed E-state index contributed by atoms with van der Waals surface area (Å²) in [5, 5.41) is 8.38. The zero-order chi connectivity index (χ0) is 23.4. The van der Waals surface area contributed by atoms with Crippen LogP contribution in [0.25, 0.3) is 10.9 Å². The number of amidine groups is 1. The van der Waals surface area contributed by atoms with E-state index in [1.807, 2.05) is 0 Å². The largest absolute Gasteiger partial charge is 0.384 e. The number of carbonyl (C=O) groups is 1. The Kier molecular flexibility index (Phi) is 6.71. The van der Waals surface area contributed by atoms with Gasteiger partial charge in [0.2, 0.25) is 15.9 Å². The third-order valence-corrected chi connectivity index (χ3v) is 7.33. The van der Waals surface area contributed by atoms with Crippen molar-refractivity contribution in [2.24, 2.45) is 5.73 Å². The van der Waals surface area contributed by atoms with Gasteiger partial charge in [0.25, 0.3) is 0 Å². The number of nitrogens with one attached hydrogen (secondary N) is 2. The number of likely N-dealkylation sites (tertiary alicyclic amines) is 1. The minimum absolute atomic E-state index is 0.0366. The average molecular weight is 466 g/mol. The number of sulfonamides is 1. The van der Waals surface area contributed by atoms with E-state index in [4.69, 9.17) is 11.1 Å². The summed E-state index contributed by atoms with van der Waals surface area (Å²) in [7, 11) is -4.04. The molecule has 0 aliphatic carbocycles. The van der Waals surface area contributed by atoms with E-state index in [2.05, 4.69) is 9.71 Å². The van der Waals surface area contributed by atoms with Crippen molar-refractivity contribution in [1.82, 2.24) is 14.6 Å². The van der Waals surface area contributed by atoms with Gasteiger partial charge in [-0.25, -0.2) is 8.42 Å². The molecule has 0 unspecified atom stereocenters. The van der Waals surface area contributed by atoms with Gasteiger partial charge in [0.1, 0.15) is 16.8 Å². The van der Waals surface area contributed by atoms with E-state index in [1.165, 1.54) is 6.07 Å². The number of benzene rings is 2. The van der Waals surface area contributed by atoms with Gasteiger partial charge in [-0.15, -0.1) is 0 Å². The summed E-state index contributed by atoms with van der Waals surface area (Å²) in [6, 6.07) is 14.5. The topological polar surface area (TPSA) is 129 Å². The van der Waals surface area contributed by atoms with Crippen molar-refractivity contribution in [3.05, 3.63) is 71.9 Å². The predicted molar refractivity (Wildman–Crippen MR) is 127 cm³/mol. The Morgan fingerprint density at radius 3 is 2.58 bits per heavy atom. The maximum atomic E-state index is 13.4. The van der Waals surface area contributed by atoms with E-state index in [0.717, 1.165) is 24.8 Å². The summed E-state index contributed by atoms with van der Waals surface area (Å²) >= 11 is 0. The van der Waals surface area contributed by atoms with Crippen LogP contribution in [0.5, 0.6) is 0 Å². The number of fused-ring (bicyclic) bond motifs is 1. The molecule has 2 aromatic carbocycles. The Bertz CT molecular complexity index is 1280. The Morgan fingerprint density at radius 1 is 1.09 bits per heavy atom. The van der Waals surface area contributed by atoms with Crippen LogP contribution in [-0.4, -0.2) is 49.2 Å². The van der Waals surface area contributed by atoms with Crippen LogP contribution in [0, 0.1) is 5.41 Å². The maximum Gasteiger partial charge on any atom is 0.243 e. The Labute approximate surface area is 193 Å². The minimum Gasteiger partial charge on any atom is -0.384 e. The first-order valence-electron chi connectivity index (χ1n) is 10.9. The molecule has 4 rings (SSSR count). The van der Waals surface area contributed by atoms with E-state index in [-0.39, 0.29) is 23.1 Å². The minimum atomic E-state index is -4.04. The molecular weight excluding hydrogens is 438 g/mol. The van der Waals surface area contributed by atoms with Gasteiger partial charge in [-0.1, -0.05) is 36.4 Å². The molecule has 2 heterocycles. The fourth-order valence-electron chi connectivity index (χ4n) is 4.16. The van der Waals surface area contributed by atoms with Crippen molar-refractivity contribution < 1.29 is 13.2 Å². The number of pyridine rings is 1. The number of nitrogens with two attached hydrogens (primary N) is 1. The monoisotopic (exact) mass is 465 g/mol. The number of hydrogen-bond acceptors (Lipinski definition) is 5. The van der Waals surface area contributed by atoms with Gasteiger partial charge >= 0.3 is 0 Å². The molecule has 0 bridgehead atoms. The molecule has 1 aliphatic rings. The van der Waals surface area contributed by atoms with Crippen LogP contribution in [0.1, 0.15) is 30.4 Å². The molecule has 1 atom stereocenters. The predicted octanol–water partition coefficient (Wildman–Crippen LogP) is 2.42. The third kappa shape index (κ3) is 5.20. The molecule has 1 amide bonds. The molecule has 8 nitrogen and oxygen atoms in total. The number of nitrogen functional groups attached to an aromatic ring is 1. The standard InChI is InChI=1S/C24H27N5O3S/c25-23(26)19-9-4-7-17(15-19)16-20(24(30)29-13-2-1-3-14-29)28-33(31,32)21-11-5-8-18-10-6-12-27-22(18)21/h4-12,15,20,28H,1-3,13-14,16H2,(H3,25,26)/t20-/m0/s1. The van der Waals surface area contributed by atoms with Crippen LogP contribution < -0.4 is 10.5 Å². The van der Waals surface area contributed by atoms with Crippen LogP contribution in [0.2, 0.25) is 0 Å². The second-order valence-corrected chi connectivity index (χ2v) is 9.89. The summed E-state index contributed by atoms with van der Waals surface area (Å²) in [4.78, 5) is 19.4. The highest BCUT2D eigenvalue weighted by Crippen LogP contribution is 2.22. The second-order valence-electron chi connectivity index (χ2n) is 8.21. The quantitative estimate of drug-likeness (QED) is 0.365. The number of aromatic nitrogens is 1. The molecule has 1 fully saturated rings. The van der Waals surface area contributed by atoms with Crippen LogP contribution in [0.4, 0.5) is 0 Å². The molecule has 3 aromatic rings. The van der Waals surface area contributed by atoms with Crippen LogP contribution >= 0.6 is 0 Å². The highest BCUT2D eigenvalue weighted by atomic mass is 32.2. The third-order valence-electron chi connectivity index (χ3n) is 5.83. The van der Waals surface area contributed by atoms with Gasteiger partial charge in [0.05, 0.1) is 5.52 Å². The van der Waals surface area contributed by atoms with Gasteiger partial charge in [0, 0.05) is 30.2 Å². The van der Waals surface area contributed by atoms with Crippen molar-refractivity contribution in [1.29, 1.82) is 5.41 Å². The summed E-state index contributed by atoms with van der Waals surface area (Å²) in [6.07, 6.45) is 4.55. The maximum absolute atomic E-state index is 13.4. The van der Waals surface area contributed by atoms with Gasteiger partial charge in [-0.3, -0.25) is 15.2 Å². The molecule has 0 radical (unpaired) electrons. The fourth-order valence-corrected chi connectivity index (χ4v) is 5.53. The van der Waals surface area contributed by atoms with Crippen molar-refractivity contribution in [3.8, 4) is 0 Å². The number of rotatable bonds is 7. The molecule has 4 N–H and O–H groups in total. The molecule has 1 aliphatic heterocycles. The fraction of sp³-hybridized carbons (Fsp3) is 0.292. The zero-order valence-corrected chi connectivity index (χ0v) is 19.0. The first kappa shape index (κ1) is 22.9. The Hall–Kier alpha value is -3.30. The molecule has 33 heavy (non-hydrogen) atoms. The molecule has 172 valence electrons. The van der Waals surface area contributed by atoms with Crippen LogP contribution in [0.15, 0.2) is 65.7 Å². The van der Waals surface area contributed by atoms with Gasteiger partial charge in [-0.05, 0) is 49.4 Å². The van der Waals surface area contributed by atoms with Gasteiger partial charge in [0.15, 0.2) is 0 Å². The van der Waals surface area contributed by atoms with Crippen molar-refractivity contribution in [2.45, 2.75) is 36.6 Å². The Morgan fingerprint density at radius 2 is 1.82 bits per heavy atom. The Balaban J connectivity index is 1.68. The molecule has 9 heteroatoms.